The van der Waals surface area contributed by atoms with Crippen LogP contribution in [-0.4, -0.2) is 31.3 Å². The van der Waals surface area contributed by atoms with Gasteiger partial charge in [-0.15, -0.1) is 5.10 Å². The molecule has 2 rings (SSSR count). The molecule has 0 spiro atoms. The topological polar surface area (TPSA) is 80.9 Å². The number of nitrogens with zero attached hydrogens (tertiary/aromatic N) is 4. The number of aliphatic carboxylic acids is 1. The summed E-state index contributed by atoms with van der Waals surface area (Å²) in [5.41, 5.74) is 1.94. The minimum absolute atomic E-state index is 0.0124. The van der Waals surface area contributed by atoms with E-state index < -0.39 is 5.97 Å². The number of hydrogen-bond donors (Lipinski definition) is 1. The normalized spacial score (nSPS) is 10.6. The van der Waals surface area contributed by atoms with Crippen molar-refractivity contribution in [3.63, 3.8) is 0 Å². The summed E-state index contributed by atoms with van der Waals surface area (Å²) in [4.78, 5) is 10.6. The lowest BCUT2D eigenvalue weighted by molar-refractivity contribution is -0.137. The Bertz CT molecular complexity index is 582. The van der Waals surface area contributed by atoms with Crippen LogP contribution in [0.3, 0.4) is 0 Å². The standard InChI is InChI=1S/C11H11BrN4O2/c1-7-2-3-9(12)8(6-7)11-13-14-15-16(11)5-4-10(17)18/h2-3,6H,4-5H2,1H3,(H,17,18). The molecule has 18 heavy (non-hydrogen) atoms. The second kappa shape index (κ2) is 5.26. The maximum absolute atomic E-state index is 10.6. The van der Waals surface area contributed by atoms with Crippen LogP contribution in [0.25, 0.3) is 11.4 Å². The highest BCUT2D eigenvalue weighted by Gasteiger charge is 2.13. The molecule has 1 aromatic carbocycles. The van der Waals surface area contributed by atoms with Crippen molar-refractivity contribution in [2.24, 2.45) is 0 Å². The summed E-state index contributed by atoms with van der Waals surface area (Å²) in [6.07, 6.45) is -0.0124. The van der Waals surface area contributed by atoms with Gasteiger partial charge < -0.3 is 5.11 Å². The molecule has 0 atom stereocenters. The SMILES string of the molecule is Cc1ccc(Br)c(-c2nnnn2CCC(=O)O)c1. The van der Waals surface area contributed by atoms with Gasteiger partial charge in [-0.2, -0.15) is 0 Å². The Morgan fingerprint density at radius 2 is 2.28 bits per heavy atom. The zero-order chi connectivity index (χ0) is 13.1. The summed E-state index contributed by atoms with van der Waals surface area (Å²) in [7, 11) is 0. The molecular weight excluding hydrogens is 300 g/mol. The number of carboxylic acids is 1. The lowest BCUT2D eigenvalue weighted by Gasteiger charge is -2.06. The maximum atomic E-state index is 10.6. The van der Waals surface area contributed by atoms with Crippen LogP contribution in [-0.2, 0) is 11.3 Å². The molecule has 6 nitrogen and oxygen atoms in total. The number of halogens is 1. The van der Waals surface area contributed by atoms with Crippen molar-refractivity contribution in [3.05, 3.63) is 28.2 Å². The van der Waals surface area contributed by atoms with E-state index in [9.17, 15) is 4.79 Å². The van der Waals surface area contributed by atoms with Crippen molar-refractivity contribution in [3.8, 4) is 11.4 Å². The van der Waals surface area contributed by atoms with Crippen molar-refractivity contribution in [1.82, 2.24) is 20.2 Å². The van der Waals surface area contributed by atoms with Crippen molar-refractivity contribution in [2.75, 3.05) is 0 Å². The molecule has 1 aromatic heterocycles. The number of tetrazole rings is 1. The van der Waals surface area contributed by atoms with E-state index in [-0.39, 0.29) is 13.0 Å². The lowest BCUT2D eigenvalue weighted by atomic mass is 10.1. The van der Waals surface area contributed by atoms with E-state index in [1.54, 1.807) is 0 Å². The molecule has 1 heterocycles. The van der Waals surface area contributed by atoms with Crippen LogP contribution in [0.4, 0.5) is 0 Å². The van der Waals surface area contributed by atoms with E-state index in [0.717, 1.165) is 15.6 Å². The van der Waals surface area contributed by atoms with Crippen molar-refractivity contribution in [1.29, 1.82) is 0 Å². The van der Waals surface area contributed by atoms with Gasteiger partial charge in [0.05, 0.1) is 13.0 Å². The summed E-state index contributed by atoms with van der Waals surface area (Å²) < 4.78 is 2.37. The van der Waals surface area contributed by atoms with Crippen molar-refractivity contribution >= 4 is 21.9 Å². The van der Waals surface area contributed by atoms with Gasteiger partial charge in [0, 0.05) is 10.0 Å². The van der Waals surface area contributed by atoms with E-state index >= 15 is 0 Å². The van der Waals surface area contributed by atoms with E-state index in [2.05, 4.69) is 31.5 Å². The maximum Gasteiger partial charge on any atom is 0.305 e. The highest BCUT2D eigenvalue weighted by atomic mass is 79.9. The van der Waals surface area contributed by atoms with Crippen molar-refractivity contribution in [2.45, 2.75) is 19.9 Å². The Morgan fingerprint density at radius 1 is 1.50 bits per heavy atom. The van der Waals surface area contributed by atoms with Crippen LogP contribution < -0.4 is 0 Å². The van der Waals surface area contributed by atoms with Crippen LogP contribution in [0.15, 0.2) is 22.7 Å². The fraction of sp³-hybridized carbons (Fsp3) is 0.273. The number of aromatic nitrogens is 4. The Morgan fingerprint density at radius 3 is 3.00 bits per heavy atom. The van der Waals surface area contributed by atoms with Gasteiger partial charge in [-0.05, 0) is 29.5 Å². The molecule has 0 bridgehead atoms. The first-order valence-corrected chi connectivity index (χ1v) is 6.11. The number of rotatable bonds is 4. The number of hydrogen-bond acceptors (Lipinski definition) is 4. The summed E-state index contributed by atoms with van der Waals surface area (Å²) >= 11 is 3.44. The molecule has 94 valence electrons. The minimum atomic E-state index is -0.875. The van der Waals surface area contributed by atoms with Crippen molar-refractivity contribution < 1.29 is 9.90 Å². The Balaban J connectivity index is 2.36. The lowest BCUT2D eigenvalue weighted by Crippen LogP contribution is -2.08. The van der Waals surface area contributed by atoms with E-state index in [1.807, 2.05) is 25.1 Å². The van der Waals surface area contributed by atoms with E-state index in [0.29, 0.717) is 5.82 Å². The first kappa shape index (κ1) is 12.7. The van der Waals surface area contributed by atoms with Gasteiger partial charge in [-0.3, -0.25) is 4.79 Å². The molecular formula is C11H11BrN4O2. The molecule has 0 amide bonds. The first-order chi connectivity index (χ1) is 8.58. The average Bonchev–Trinajstić information content (AvgIpc) is 2.77. The van der Waals surface area contributed by atoms with Gasteiger partial charge in [0.25, 0.3) is 0 Å². The number of carboxylic acid groups (broad SMARTS) is 1. The molecule has 0 unspecified atom stereocenters. The van der Waals surface area contributed by atoms with Crippen LogP contribution in [0.1, 0.15) is 12.0 Å². The molecule has 0 fully saturated rings. The van der Waals surface area contributed by atoms with Crippen LogP contribution >= 0.6 is 15.9 Å². The largest absolute Gasteiger partial charge is 0.481 e. The fourth-order valence-corrected chi connectivity index (χ4v) is 1.98. The minimum Gasteiger partial charge on any atom is -0.481 e. The Labute approximate surface area is 112 Å². The van der Waals surface area contributed by atoms with Gasteiger partial charge in [0.15, 0.2) is 5.82 Å². The van der Waals surface area contributed by atoms with Crippen LogP contribution in [0.5, 0.6) is 0 Å². The van der Waals surface area contributed by atoms with E-state index in [1.165, 1.54) is 4.68 Å². The van der Waals surface area contributed by atoms with Crippen LogP contribution in [0, 0.1) is 6.92 Å². The van der Waals surface area contributed by atoms with Gasteiger partial charge in [-0.25, -0.2) is 4.68 Å². The summed E-state index contributed by atoms with van der Waals surface area (Å²) in [6.45, 7) is 2.22. The molecule has 1 N–H and O–H groups in total. The molecule has 7 heteroatoms. The van der Waals surface area contributed by atoms with Gasteiger partial charge >= 0.3 is 5.97 Å². The first-order valence-electron chi connectivity index (χ1n) is 5.32. The molecule has 0 saturated heterocycles. The van der Waals surface area contributed by atoms with Gasteiger partial charge in [-0.1, -0.05) is 27.6 Å². The second-order valence-electron chi connectivity index (χ2n) is 3.85. The predicted octanol–water partition coefficient (Wildman–Crippen LogP) is 1.89. The van der Waals surface area contributed by atoms with Gasteiger partial charge in [0.1, 0.15) is 0 Å². The smallest absolute Gasteiger partial charge is 0.305 e. The summed E-state index contributed by atoms with van der Waals surface area (Å²) in [5, 5.41) is 20.0. The number of carbonyl (C=O) groups is 1. The Kier molecular flexibility index (Phi) is 3.71. The van der Waals surface area contributed by atoms with Gasteiger partial charge in [0.2, 0.25) is 0 Å². The number of aryl methyl sites for hydroxylation is 2. The zero-order valence-corrected chi connectivity index (χ0v) is 11.3. The summed E-state index contributed by atoms with van der Waals surface area (Å²) in [5.74, 6) is -0.313. The molecule has 0 aliphatic carbocycles. The predicted molar refractivity (Wildman–Crippen MR) is 67.9 cm³/mol. The second-order valence-corrected chi connectivity index (χ2v) is 4.71. The fourth-order valence-electron chi connectivity index (χ4n) is 1.56. The van der Waals surface area contributed by atoms with Crippen LogP contribution in [0.2, 0.25) is 0 Å². The highest BCUT2D eigenvalue weighted by molar-refractivity contribution is 9.10. The Hall–Kier alpha value is -1.76. The molecule has 0 radical (unpaired) electrons. The molecule has 0 aliphatic heterocycles. The third kappa shape index (κ3) is 2.73. The molecule has 0 saturated carbocycles. The highest BCUT2D eigenvalue weighted by Crippen LogP contribution is 2.27. The average molecular weight is 311 g/mol. The third-order valence-electron chi connectivity index (χ3n) is 2.43. The molecule has 2 aromatic rings. The summed E-state index contributed by atoms with van der Waals surface area (Å²) in [6, 6.07) is 5.84. The van der Waals surface area contributed by atoms with E-state index in [4.69, 9.17) is 5.11 Å². The quantitative estimate of drug-likeness (QED) is 0.932. The third-order valence-corrected chi connectivity index (χ3v) is 3.12. The zero-order valence-electron chi connectivity index (χ0n) is 9.67. The number of benzene rings is 1. The monoisotopic (exact) mass is 310 g/mol. The molecule has 0 aliphatic rings.